The van der Waals surface area contributed by atoms with Crippen LogP contribution in [0.5, 0.6) is 0 Å². The fraction of sp³-hybridized carbons (Fsp3) is 0.200. The van der Waals surface area contributed by atoms with Gasteiger partial charge in [-0.15, -0.1) is 0 Å². The highest BCUT2D eigenvalue weighted by atomic mass is 79.9. The summed E-state index contributed by atoms with van der Waals surface area (Å²) in [6.45, 7) is 1.93. The van der Waals surface area contributed by atoms with E-state index in [0.717, 1.165) is 4.48 Å². The molecule has 0 atom stereocenters. The van der Waals surface area contributed by atoms with Gasteiger partial charge >= 0.3 is 0 Å². The largest absolute Gasteiger partial charge is 0.405 e. The number of hydrogen-bond donors (Lipinski definition) is 1. The molecule has 0 aromatic heterocycles. The Labute approximate surface area is 52.0 Å². The molecule has 0 fully saturated rings. The van der Waals surface area contributed by atoms with Gasteiger partial charge in [-0.05, 0) is 19.2 Å². The van der Waals surface area contributed by atoms with E-state index in [2.05, 4.69) is 15.9 Å². The van der Waals surface area contributed by atoms with E-state index in [9.17, 15) is 0 Å². The second kappa shape index (κ2) is 3.93. The summed E-state index contributed by atoms with van der Waals surface area (Å²) in [5.74, 6) is 0. The molecule has 1 nitrogen and oxygen atoms in total. The lowest BCUT2D eigenvalue weighted by atomic mass is 10.5. The van der Waals surface area contributed by atoms with Gasteiger partial charge in [-0.3, -0.25) is 0 Å². The second-order valence-corrected chi connectivity index (χ2v) is 1.95. The minimum absolute atomic E-state index is 1.01. The summed E-state index contributed by atoms with van der Waals surface area (Å²) in [7, 11) is 0. The standard InChI is InChI=1S/C5H8BrN/c1-2-5(6)3-4-7/h2-4H,7H2,1H3/b4-3+,5-2-. The summed E-state index contributed by atoms with van der Waals surface area (Å²) in [5.41, 5.74) is 5.05. The molecule has 0 radical (unpaired) electrons. The monoisotopic (exact) mass is 161 g/mol. The molecular formula is C5H8BrN. The van der Waals surface area contributed by atoms with Crippen molar-refractivity contribution >= 4 is 15.9 Å². The maximum absolute atomic E-state index is 5.05. The maximum atomic E-state index is 5.05. The normalized spacial score (nSPS) is 13.1. The molecule has 0 bridgehead atoms. The van der Waals surface area contributed by atoms with Gasteiger partial charge in [0.2, 0.25) is 0 Å². The lowest BCUT2D eigenvalue weighted by Gasteiger charge is -1.78. The molecule has 0 saturated heterocycles. The van der Waals surface area contributed by atoms with Crippen LogP contribution in [0.2, 0.25) is 0 Å². The van der Waals surface area contributed by atoms with Crippen molar-refractivity contribution in [2.75, 3.05) is 0 Å². The average Bonchev–Trinajstić information content (AvgIpc) is 1.68. The molecule has 0 spiro atoms. The molecule has 0 heterocycles. The van der Waals surface area contributed by atoms with Gasteiger partial charge in [0.05, 0.1) is 0 Å². The van der Waals surface area contributed by atoms with Crippen LogP contribution in [-0.4, -0.2) is 0 Å². The Bertz CT molecular complexity index is 94.3. The first kappa shape index (κ1) is 6.76. The average molecular weight is 162 g/mol. The Morgan fingerprint density at radius 2 is 2.29 bits per heavy atom. The Hall–Kier alpha value is -0.240. The number of hydrogen-bond acceptors (Lipinski definition) is 1. The predicted molar refractivity (Wildman–Crippen MR) is 36.0 cm³/mol. The Morgan fingerprint density at radius 1 is 1.71 bits per heavy atom. The van der Waals surface area contributed by atoms with E-state index in [1.165, 1.54) is 6.20 Å². The van der Waals surface area contributed by atoms with E-state index < -0.39 is 0 Å². The van der Waals surface area contributed by atoms with Crippen molar-refractivity contribution in [3.63, 3.8) is 0 Å². The van der Waals surface area contributed by atoms with Gasteiger partial charge in [-0.2, -0.15) is 0 Å². The first-order valence-electron chi connectivity index (χ1n) is 2.01. The molecule has 2 N–H and O–H groups in total. The third kappa shape index (κ3) is 3.59. The summed E-state index contributed by atoms with van der Waals surface area (Å²) in [6.07, 6.45) is 5.19. The van der Waals surface area contributed by atoms with E-state index >= 15 is 0 Å². The molecule has 0 unspecified atom stereocenters. The molecule has 7 heavy (non-hydrogen) atoms. The van der Waals surface area contributed by atoms with Crippen LogP contribution in [0.1, 0.15) is 6.92 Å². The SMILES string of the molecule is C/C=C(Br)/C=C/N. The van der Waals surface area contributed by atoms with Crippen LogP contribution in [0.25, 0.3) is 0 Å². The first-order chi connectivity index (χ1) is 3.31. The zero-order chi connectivity index (χ0) is 5.70. The van der Waals surface area contributed by atoms with Gasteiger partial charge in [0.25, 0.3) is 0 Å². The Balaban J connectivity index is 3.58. The van der Waals surface area contributed by atoms with Crippen molar-refractivity contribution in [1.29, 1.82) is 0 Å². The van der Waals surface area contributed by atoms with Crippen LogP contribution in [0.3, 0.4) is 0 Å². The quantitative estimate of drug-likeness (QED) is 0.584. The van der Waals surface area contributed by atoms with E-state index in [-0.39, 0.29) is 0 Å². The van der Waals surface area contributed by atoms with Gasteiger partial charge < -0.3 is 5.73 Å². The van der Waals surface area contributed by atoms with Gasteiger partial charge in [-0.25, -0.2) is 0 Å². The fourth-order valence-electron chi connectivity index (χ4n) is 0.188. The van der Waals surface area contributed by atoms with Crippen LogP contribution in [0, 0.1) is 0 Å². The van der Waals surface area contributed by atoms with Crippen molar-refractivity contribution < 1.29 is 0 Å². The number of rotatable bonds is 1. The summed E-state index contributed by atoms with van der Waals surface area (Å²) in [5, 5.41) is 0. The minimum atomic E-state index is 1.01. The zero-order valence-electron chi connectivity index (χ0n) is 4.19. The topological polar surface area (TPSA) is 26.0 Å². The smallest absolute Gasteiger partial charge is 0.0146 e. The fourth-order valence-corrected chi connectivity index (χ4v) is 0.341. The number of halogens is 1. The first-order valence-corrected chi connectivity index (χ1v) is 2.80. The molecule has 0 aliphatic rings. The lowest BCUT2D eigenvalue weighted by molar-refractivity contribution is 1.58. The highest BCUT2D eigenvalue weighted by Crippen LogP contribution is 2.03. The highest BCUT2D eigenvalue weighted by molar-refractivity contribution is 9.11. The third-order valence-electron chi connectivity index (χ3n) is 0.531. The van der Waals surface area contributed by atoms with E-state index in [4.69, 9.17) is 5.73 Å². The van der Waals surface area contributed by atoms with Crippen LogP contribution in [0.15, 0.2) is 22.8 Å². The maximum Gasteiger partial charge on any atom is 0.0146 e. The summed E-state index contributed by atoms with van der Waals surface area (Å²) >= 11 is 3.23. The van der Waals surface area contributed by atoms with Crippen molar-refractivity contribution in [2.45, 2.75) is 6.92 Å². The van der Waals surface area contributed by atoms with E-state index in [0.29, 0.717) is 0 Å². The summed E-state index contributed by atoms with van der Waals surface area (Å²) < 4.78 is 1.01. The number of nitrogens with two attached hydrogens (primary N) is 1. The minimum Gasteiger partial charge on any atom is -0.405 e. The molecule has 40 valence electrons. The third-order valence-corrected chi connectivity index (χ3v) is 1.25. The predicted octanol–water partition coefficient (Wildman–Crippen LogP) is 1.76. The van der Waals surface area contributed by atoms with Crippen molar-refractivity contribution in [3.05, 3.63) is 22.8 Å². The van der Waals surface area contributed by atoms with Crippen LogP contribution in [0.4, 0.5) is 0 Å². The summed E-state index contributed by atoms with van der Waals surface area (Å²) in [4.78, 5) is 0. The van der Waals surface area contributed by atoms with E-state index in [1.54, 1.807) is 6.08 Å². The van der Waals surface area contributed by atoms with Gasteiger partial charge in [0.15, 0.2) is 0 Å². The molecule has 0 aromatic carbocycles. The molecule has 2 heteroatoms. The molecule has 0 amide bonds. The van der Waals surface area contributed by atoms with Crippen molar-refractivity contribution in [1.82, 2.24) is 0 Å². The molecule has 0 aliphatic heterocycles. The van der Waals surface area contributed by atoms with Crippen molar-refractivity contribution in [2.24, 2.45) is 5.73 Å². The molecule has 0 aliphatic carbocycles. The van der Waals surface area contributed by atoms with Crippen LogP contribution in [-0.2, 0) is 0 Å². The number of allylic oxidation sites excluding steroid dienone is 3. The van der Waals surface area contributed by atoms with Gasteiger partial charge in [0, 0.05) is 4.48 Å². The second-order valence-electron chi connectivity index (χ2n) is 1.03. The molecule has 0 aromatic rings. The Kier molecular flexibility index (Phi) is 3.80. The molecule has 0 saturated carbocycles. The highest BCUT2D eigenvalue weighted by Gasteiger charge is 1.72. The molecular weight excluding hydrogens is 154 g/mol. The summed E-state index contributed by atoms with van der Waals surface area (Å²) in [6, 6.07) is 0. The van der Waals surface area contributed by atoms with Crippen LogP contribution < -0.4 is 5.73 Å². The van der Waals surface area contributed by atoms with Crippen molar-refractivity contribution in [3.8, 4) is 0 Å². The lowest BCUT2D eigenvalue weighted by Crippen LogP contribution is -1.73. The van der Waals surface area contributed by atoms with Gasteiger partial charge in [-0.1, -0.05) is 22.0 Å². The zero-order valence-corrected chi connectivity index (χ0v) is 5.77. The van der Waals surface area contributed by atoms with E-state index in [1.807, 2.05) is 13.0 Å². The Morgan fingerprint density at radius 3 is 2.43 bits per heavy atom. The molecule has 0 rings (SSSR count). The van der Waals surface area contributed by atoms with Crippen LogP contribution >= 0.6 is 15.9 Å². The van der Waals surface area contributed by atoms with Gasteiger partial charge in [0.1, 0.15) is 0 Å².